The van der Waals surface area contributed by atoms with Crippen LogP contribution in [0, 0.1) is 0 Å². The fourth-order valence-corrected chi connectivity index (χ4v) is 4.33. The van der Waals surface area contributed by atoms with Gasteiger partial charge in [0.1, 0.15) is 5.76 Å². The predicted molar refractivity (Wildman–Crippen MR) is 105 cm³/mol. The Morgan fingerprint density at radius 1 is 1.15 bits per heavy atom. The first-order chi connectivity index (χ1) is 12.5. The SMILES string of the molecule is O=S(=O)(NCc1ccco1)c1cccc(NC(=S)NC2CCCCC2)c1. The fraction of sp³-hybridized carbons (Fsp3) is 0.389. The van der Waals surface area contributed by atoms with Gasteiger partial charge in [0.2, 0.25) is 10.0 Å². The number of thiocarbonyl (C=S) groups is 1. The first-order valence-corrected chi connectivity index (χ1v) is 10.6. The zero-order valence-corrected chi connectivity index (χ0v) is 16.0. The molecular weight excluding hydrogens is 370 g/mol. The van der Waals surface area contributed by atoms with Crippen LogP contribution in [0.25, 0.3) is 0 Å². The summed E-state index contributed by atoms with van der Waals surface area (Å²) in [4.78, 5) is 0.175. The van der Waals surface area contributed by atoms with Crippen molar-refractivity contribution in [2.75, 3.05) is 5.32 Å². The summed E-state index contributed by atoms with van der Waals surface area (Å²) in [6.45, 7) is 0.106. The smallest absolute Gasteiger partial charge is 0.241 e. The van der Waals surface area contributed by atoms with Crippen LogP contribution < -0.4 is 15.4 Å². The molecule has 0 amide bonds. The molecule has 0 radical (unpaired) electrons. The Balaban J connectivity index is 1.60. The van der Waals surface area contributed by atoms with Crippen LogP contribution in [0.5, 0.6) is 0 Å². The van der Waals surface area contributed by atoms with Crippen molar-refractivity contribution in [1.29, 1.82) is 0 Å². The van der Waals surface area contributed by atoms with Gasteiger partial charge in [-0.25, -0.2) is 13.1 Å². The first kappa shape index (κ1) is 18.9. The number of hydrogen-bond donors (Lipinski definition) is 3. The maximum Gasteiger partial charge on any atom is 0.241 e. The second kappa shape index (κ2) is 8.66. The number of anilines is 1. The summed E-state index contributed by atoms with van der Waals surface area (Å²) in [5.74, 6) is 0.556. The van der Waals surface area contributed by atoms with E-state index in [-0.39, 0.29) is 11.4 Å². The highest BCUT2D eigenvalue weighted by molar-refractivity contribution is 7.89. The summed E-state index contributed by atoms with van der Waals surface area (Å²) in [5.41, 5.74) is 0.638. The Morgan fingerprint density at radius 3 is 2.69 bits per heavy atom. The zero-order valence-electron chi connectivity index (χ0n) is 14.4. The van der Waals surface area contributed by atoms with E-state index in [1.54, 1.807) is 36.4 Å². The fourth-order valence-electron chi connectivity index (χ4n) is 3.00. The number of furan rings is 1. The average molecular weight is 394 g/mol. The summed E-state index contributed by atoms with van der Waals surface area (Å²) >= 11 is 5.36. The van der Waals surface area contributed by atoms with E-state index in [9.17, 15) is 8.42 Å². The molecule has 0 saturated heterocycles. The van der Waals surface area contributed by atoms with Gasteiger partial charge in [0, 0.05) is 11.7 Å². The Labute approximate surface area is 159 Å². The minimum Gasteiger partial charge on any atom is -0.468 e. The molecule has 1 aliphatic carbocycles. The van der Waals surface area contributed by atoms with E-state index in [4.69, 9.17) is 16.6 Å². The van der Waals surface area contributed by atoms with E-state index in [1.807, 2.05) is 0 Å². The van der Waals surface area contributed by atoms with E-state index in [1.165, 1.54) is 25.5 Å². The Kier molecular flexibility index (Phi) is 6.29. The number of nitrogens with one attached hydrogen (secondary N) is 3. The van der Waals surface area contributed by atoms with Crippen LogP contribution in [0.15, 0.2) is 52.0 Å². The van der Waals surface area contributed by atoms with Gasteiger partial charge >= 0.3 is 0 Å². The molecule has 3 N–H and O–H groups in total. The van der Waals surface area contributed by atoms with E-state index < -0.39 is 10.0 Å². The molecular formula is C18H23N3O3S2. The lowest BCUT2D eigenvalue weighted by Gasteiger charge is -2.24. The summed E-state index contributed by atoms with van der Waals surface area (Å²) in [7, 11) is -3.64. The van der Waals surface area contributed by atoms with Gasteiger partial charge in [0.05, 0.1) is 17.7 Å². The van der Waals surface area contributed by atoms with Crippen LogP contribution in [0.4, 0.5) is 5.69 Å². The topological polar surface area (TPSA) is 83.4 Å². The molecule has 2 aromatic rings. The lowest BCUT2D eigenvalue weighted by atomic mass is 9.96. The molecule has 1 saturated carbocycles. The second-order valence-corrected chi connectivity index (χ2v) is 8.54. The van der Waals surface area contributed by atoms with Crippen molar-refractivity contribution in [3.63, 3.8) is 0 Å². The van der Waals surface area contributed by atoms with Gasteiger partial charge < -0.3 is 15.1 Å². The van der Waals surface area contributed by atoms with Gasteiger partial charge in [-0.3, -0.25) is 0 Å². The maximum absolute atomic E-state index is 12.5. The Morgan fingerprint density at radius 2 is 1.96 bits per heavy atom. The monoisotopic (exact) mass is 393 g/mol. The van der Waals surface area contributed by atoms with Crippen LogP contribution in [0.1, 0.15) is 37.9 Å². The highest BCUT2D eigenvalue weighted by Crippen LogP contribution is 2.19. The van der Waals surface area contributed by atoms with Crippen molar-refractivity contribution in [3.05, 3.63) is 48.4 Å². The van der Waals surface area contributed by atoms with Crippen molar-refractivity contribution >= 4 is 33.0 Å². The largest absolute Gasteiger partial charge is 0.468 e. The van der Waals surface area contributed by atoms with Gasteiger partial charge in [-0.1, -0.05) is 25.3 Å². The lowest BCUT2D eigenvalue weighted by molar-refractivity contribution is 0.415. The van der Waals surface area contributed by atoms with Crippen LogP contribution in [0.2, 0.25) is 0 Å². The maximum atomic E-state index is 12.5. The zero-order chi connectivity index (χ0) is 18.4. The molecule has 8 heteroatoms. The minimum absolute atomic E-state index is 0.106. The molecule has 140 valence electrons. The van der Waals surface area contributed by atoms with Gasteiger partial charge in [0.25, 0.3) is 0 Å². The van der Waals surface area contributed by atoms with Crippen molar-refractivity contribution in [2.24, 2.45) is 0 Å². The number of rotatable bonds is 6. The molecule has 1 aromatic heterocycles. The summed E-state index contributed by atoms with van der Waals surface area (Å²) in [5, 5.41) is 6.92. The third kappa shape index (κ3) is 5.30. The third-order valence-electron chi connectivity index (χ3n) is 4.36. The van der Waals surface area contributed by atoms with Crippen LogP contribution >= 0.6 is 12.2 Å². The predicted octanol–water partition coefficient (Wildman–Crippen LogP) is 3.38. The molecule has 0 aliphatic heterocycles. The molecule has 6 nitrogen and oxygen atoms in total. The van der Waals surface area contributed by atoms with Crippen LogP contribution in [0.3, 0.4) is 0 Å². The van der Waals surface area contributed by atoms with Crippen molar-refractivity contribution in [2.45, 2.75) is 49.6 Å². The molecule has 0 bridgehead atoms. The highest BCUT2D eigenvalue weighted by Gasteiger charge is 2.16. The highest BCUT2D eigenvalue weighted by atomic mass is 32.2. The summed E-state index contributed by atoms with van der Waals surface area (Å²) in [6.07, 6.45) is 7.46. The van der Waals surface area contributed by atoms with Crippen molar-refractivity contribution < 1.29 is 12.8 Å². The molecule has 0 spiro atoms. The standard InChI is InChI=1S/C18H23N3O3S2/c22-26(23,19-13-16-9-5-11-24-16)17-10-4-8-15(12-17)21-18(25)20-14-6-2-1-3-7-14/h4-5,8-12,14,19H,1-3,6-7,13H2,(H2,20,21,25). The normalized spacial score (nSPS) is 15.5. The van der Waals surface area contributed by atoms with Gasteiger partial charge in [0.15, 0.2) is 5.11 Å². The van der Waals surface area contributed by atoms with Gasteiger partial charge in [-0.05, 0) is 55.4 Å². The molecule has 1 heterocycles. The second-order valence-electron chi connectivity index (χ2n) is 6.37. The Bertz CT molecular complexity index is 829. The third-order valence-corrected chi connectivity index (χ3v) is 5.98. The van der Waals surface area contributed by atoms with E-state index in [0.717, 1.165) is 12.8 Å². The Hall–Kier alpha value is -1.90. The lowest BCUT2D eigenvalue weighted by Crippen LogP contribution is -2.38. The number of hydrogen-bond acceptors (Lipinski definition) is 4. The van der Waals surface area contributed by atoms with Crippen molar-refractivity contribution in [1.82, 2.24) is 10.0 Å². The molecule has 0 atom stereocenters. The molecule has 3 rings (SSSR count). The first-order valence-electron chi connectivity index (χ1n) is 8.72. The van der Waals surface area contributed by atoms with Crippen LogP contribution in [-0.4, -0.2) is 19.6 Å². The molecule has 26 heavy (non-hydrogen) atoms. The van der Waals surface area contributed by atoms with Crippen molar-refractivity contribution in [3.8, 4) is 0 Å². The quantitative estimate of drug-likeness (QED) is 0.653. The summed E-state index contributed by atoms with van der Waals surface area (Å²) < 4.78 is 32.6. The molecule has 1 fully saturated rings. The molecule has 0 unspecified atom stereocenters. The van der Waals surface area contributed by atoms with Gasteiger partial charge in [-0.15, -0.1) is 0 Å². The van der Waals surface area contributed by atoms with Crippen LogP contribution in [-0.2, 0) is 16.6 Å². The summed E-state index contributed by atoms with van der Waals surface area (Å²) in [6, 6.07) is 10.4. The minimum atomic E-state index is -3.64. The van der Waals surface area contributed by atoms with E-state index >= 15 is 0 Å². The molecule has 1 aromatic carbocycles. The number of sulfonamides is 1. The number of benzene rings is 1. The van der Waals surface area contributed by atoms with E-state index in [0.29, 0.717) is 22.6 Å². The average Bonchev–Trinajstić information content (AvgIpc) is 3.15. The van der Waals surface area contributed by atoms with E-state index in [2.05, 4.69) is 15.4 Å². The van der Waals surface area contributed by atoms with Gasteiger partial charge in [-0.2, -0.15) is 0 Å². The molecule has 1 aliphatic rings.